The van der Waals surface area contributed by atoms with Crippen molar-refractivity contribution in [3.05, 3.63) is 18.0 Å². The van der Waals surface area contributed by atoms with Crippen LogP contribution in [-0.4, -0.2) is 44.5 Å². The normalized spacial score (nSPS) is 31.1. The lowest BCUT2D eigenvalue weighted by Gasteiger charge is -2.22. The maximum atomic E-state index is 10.5. The minimum absolute atomic E-state index is 0.545. The average Bonchev–Trinajstić information content (AvgIpc) is 2.90. The molecule has 1 unspecified atom stereocenters. The van der Waals surface area contributed by atoms with Crippen LogP contribution in [0, 0.1) is 0 Å². The van der Waals surface area contributed by atoms with Gasteiger partial charge in [-0.15, -0.1) is 0 Å². The summed E-state index contributed by atoms with van der Waals surface area (Å²) in [5, 5.41) is 14.9. The zero-order chi connectivity index (χ0) is 11.2. The zero-order valence-corrected chi connectivity index (χ0v) is 9.76. The Hall–Kier alpha value is -0.870. The van der Waals surface area contributed by atoms with Gasteiger partial charge in [-0.2, -0.15) is 5.10 Å². The largest absolute Gasteiger partial charge is 0.388 e. The lowest BCUT2D eigenvalue weighted by Crippen LogP contribution is -2.36. The third-order valence-corrected chi connectivity index (χ3v) is 3.70. The SMILES string of the molecule is Cn1ccc(CC2(O)CCN(C3CC3)C2)n1. The van der Waals surface area contributed by atoms with E-state index in [9.17, 15) is 5.11 Å². The molecule has 2 aliphatic rings. The molecule has 1 saturated heterocycles. The molecule has 1 aliphatic heterocycles. The van der Waals surface area contributed by atoms with Crippen molar-refractivity contribution in [3.63, 3.8) is 0 Å². The fraction of sp³-hybridized carbons (Fsp3) is 0.750. The van der Waals surface area contributed by atoms with Gasteiger partial charge in [-0.1, -0.05) is 0 Å². The van der Waals surface area contributed by atoms with Crippen LogP contribution in [0.1, 0.15) is 25.0 Å². The van der Waals surface area contributed by atoms with Gasteiger partial charge >= 0.3 is 0 Å². The van der Waals surface area contributed by atoms with Crippen LogP contribution in [0.5, 0.6) is 0 Å². The number of β-amino-alcohol motifs (C(OH)–C–C–N with tert-alkyl or cyclic N) is 1. The molecule has 0 amide bonds. The van der Waals surface area contributed by atoms with E-state index in [4.69, 9.17) is 0 Å². The highest BCUT2D eigenvalue weighted by molar-refractivity contribution is 5.07. The van der Waals surface area contributed by atoms with Gasteiger partial charge in [0, 0.05) is 38.8 Å². The van der Waals surface area contributed by atoms with E-state index >= 15 is 0 Å². The Morgan fingerprint density at radius 1 is 1.56 bits per heavy atom. The highest BCUT2D eigenvalue weighted by Crippen LogP contribution is 2.34. The van der Waals surface area contributed by atoms with E-state index in [0.717, 1.165) is 31.2 Å². The summed E-state index contributed by atoms with van der Waals surface area (Å²) >= 11 is 0. The Morgan fingerprint density at radius 2 is 2.38 bits per heavy atom. The molecule has 4 heteroatoms. The summed E-state index contributed by atoms with van der Waals surface area (Å²) in [6.07, 6.45) is 6.16. The summed E-state index contributed by atoms with van der Waals surface area (Å²) < 4.78 is 1.80. The monoisotopic (exact) mass is 221 g/mol. The molecule has 1 saturated carbocycles. The standard InChI is InChI=1S/C12H19N3O/c1-14-6-4-10(13-14)8-12(16)5-7-15(9-12)11-2-3-11/h4,6,11,16H,2-3,5,7-9H2,1H3. The molecule has 16 heavy (non-hydrogen) atoms. The van der Waals surface area contributed by atoms with Crippen LogP contribution in [-0.2, 0) is 13.5 Å². The van der Waals surface area contributed by atoms with Crippen LogP contribution in [0.25, 0.3) is 0 Å². The molecule has 3 rings (SSSR count). The molecule has 2 heterocycles. The average molecular weight is 221 g/mol. The minimum atomic E-state index is -0.545. The molecule has 1 aromatic rings. The Labute approximate surface area is 95.9 Å². The molecule has 1 atom stereocenters. The van der Waals surface area contributed by atoms with Crippen LogP contribution in [0.15, 0.2) is 12.3 Å². The van der Waals surface area contributed by atoms with E-state index in [1.54, 1.807) is 4.68 Å². The molecule has 0 bridgehead atoms. The Kier molecular flexibility index (Phi) is 2.30. The fourth-order valence-corrected chi connectivity index (χ4v) is 2.68. The molecule has 1 aliphatic carbocycles. The highest BCUT2D eigenvalue weighted by atomic mass is 16.3. The fourth-order valence-electron chi connectivity index (χ4n) is 2.68. The van der Waals surface area contributed by atoms with E-state index in [2.05, 4.69) is 10.00 Å². The van der Waals surface area contributed by atoms with Gasteiger partial charge in [0.25, 0.3) is 0 Å². The number of nitrogens with zero attached hydrogens (tertiary/aromatic N) is 3. The third-order valence-electron chi connectivity index (χ3n) is 3.70. The van der Waals surface area contributed by atoms with Gasteiger partial charge in [0.05, 0.1) is 11.3 Å². The lowest BCUT2D eigenvalue weighted by atomic mass is 9.97. The van der Waals surface area contributed by atoms with Crippen LogP contribution in [0.2, 0.25) is 0 Å². The number of aliphatic hydroxyl groups is 1. The molecule has 0 radical (unpaired) electrons. The van der Waals surface area contributed by atoms with E-state index in [0.29, 0.717) is 6.42 Å². The smallest absolute Gasteiger partial charge is 0.0842 e. The minimum Gasteiger partial charge on any atom is -0.388 e. The van der Waals surface area contributed by atoms with Crippen LogP contribution in [0.4, 0.5) is 0 Å². The second kappa shape index (κ2) is 3.57. The number of hydrogen-bond donors (Lipinski definition) is 1. The third kappa shape index (κ3) is 1.99. The quantitative estimate of drug-likeness (QED) is 0.811. The van der Waals surface area contributed by atoms with Crippen molar-refractivity contribution in [3.8, 4) is 0 Å². The van der Waals surface area contributed by atoms with Gasteiger partial charge in [0.2, 0.25) is 0 Å². The molecule has 2 fully saturated rings. The topological polar surface area (TPSA) is 41.3 Å². The van der Waals surface area contributed by atoms with Gasteiger partial charge in [0.1, 0.15) is 0 Å². The zero-order valence-electron chi connectivity index (χ0n) is 9.76. The van der Waals surface area contributed by atoms with Gasteiger partial charge in [-0.3, -0.25) is 9.58 Å². The molecule has 1 aromatic heterocycles. The lowest BCUT2D eigenvalue weighted by molar-refractivity contribution is 0.0477. The number of aryl methyl sites for hydroxylation is 1. The molecule has 0 spiro atoms. The van der Waals surface area contributed by atoms with Crippen LogP contribution >= 0.6 is 0 Å². The number of rotatable bonds is 3. The highest BCUT2D eigenvalue weighted by Gasteiger charge is 2.42. The molecule has 88 valence electrons. The van der Waals surface area contributed by atoms with Gasteiger partial charge in [-0.25, -0.2) is 0 Å². The van der Waals surface area contributed by atoms with Gasteiger partial charge < -0.3 is 5.11 Å². The summed E-state index contributed by atoms with van der Waals surface area (Å²) in [6.45, 7) is 1.88. The Morgan fingerprint density at radius 3 is 3.00 bits per heavy atom. The second-order valence-corrected chi connectivity index (χ2v) is 5.33. The Balaban J connectivity index is 1.65. The first-order valence-electron chi connectivity index (χ1n) is 6.10. The van der Waals surface area contributed by atoms with E-state index < -0.39 is 5.60 Å². The molecular weight excluding hydrogens is 202 g/mol. The molecule has 4 nitrogen and oxygen atoms in total. The van der Waals surface area contributed by atoms with Crippen molar-refractivity contribution >= 4 is 0 Å². The first kappa shape index (κ1) is 10.3. The summed E-state index contributed by atoms with van der Waals surface area (Å²) in [5.41, 5.74) is 0.458. The van der Waals surface area contributed by atoms with E-state index in [1.165, 1.54) is 12.8 Å². The predicted octanol–water partition coefficient (Wildman–Crippen LogP) is 0.562. The first-order chi connectivity index (χ1) is 7.65. The maximum absolute atomic E-state index is 10.5. The van der Waals surface area contributed by atoms with Gasteiger partial charge in [-0.05, 0) is 25.3 Å². The molecular formula is C12H19N3O. The first-order valence-corrected chi connectivity index (χ1v) is 6.10. The summed E-state index contributed by atoms with van der Waals surface area (Å²) in [5.74, 6) is 0. The molecule has 0 aromatic carbocycles. The number of hydrogen-bond acceptors (Lipinski definition) is 3. The predicted molar refractivity (Wildman–Crippen MR) is 61.1 cm³/mol. The summed E-state index contributed by atoms with van der Waals surface area (Å²) in [4.78, 5) is 2.43. The van der Waals surface area contributed by atoms with Crippen LogP contribution in [0.3, 0.4) is 0 Å². The maximum Gasteiger partial charge on any atom is 0.0842 e. The van der Waals surface area contributed by atoms with E-state index in [1.807, 2.05) is 19.3 Å². The van der Waals surface area contributed by atoms with Crippen molar-refractivity contribution in [2.24, 2.45) is 7.05 Å². The van der Waals surface area contributed by atoms with Crippen LogP contribution < -0.4 is 0 Å². The van der Waals surface area contributed by atoms with Crippen molar-refractivity contribution < 1.29 is 5.11 Å². The van der Waals surface area contributed by atoms with Crippen molar-refractivity contribution in [2.45, 2.75) is 37.3 Å². The summed E-state index contributed by atoms with van der Waals surface area (Å²) in [6, 6.07) is 2.76. The van der Waals surface area contributed by atoms with Crippen molar-refractivity contribution in [1.82, 2.24) is 14.7 Å². The Bertz CT molecular complexity index is 385. The van der Waals surface area contributed by atoms with Gasteiger partial charge in [0.15, 0.2) is 0 Å². The number of likely N-dealkylation sites (tertiary alicyclic amines) is 1. The molecule has 1 N–H and O–H groups in total. The van der Waals surface area contributed by atoms with Crippen molar-refractivity contribution in [2.75, 3.05) is 13.1 Å². The number of aromatic nitrogens is 2. The van der Waals surface area contributed by atoms with Crippen molar-refractivity contribution in [1.29, 1.82) is 0 Å². The summed E-state index contributed by atoms with van der Waals surface area (Å²) in [7, 11) is 1.92. The van der Waals surface area contributed by atoms with E-state index in [-0.39, 0.29) is 0 Å². The second-order valence-electron chi connectivity index (χ2n) is 5.33.